The van der Waals surface area contributed by atoms with Crippen LogP contribution in [0.15, 0.2) is 16.5 Å². The fraction of sp³-hybridized carbons (Fsp3) is 0.643. The number of rotatable bonds is 3. The van der Waals surface area contributed by atoms with Crippen LogP contribution in [-0.2, 0) is 0 Å². The normalized spacial score (nSPS) is 24.3. The Bertz CT molecular complexity index is 414. The molecule has 1 aliphatic rings. The number of carbonyl (C=O) groups is 1. The minimum absolute atomic E-state index is 0.0203. The number of hydrogen-bond donors (Lipinski definition) is 1. The topological polar surface area (TPSA) is 59.5 Å². The predicted octanol–water partition coefficient (Wildman–Crippen LogP) is 2.18. The standard InChI is InChI=1S/C14H22N2O2/c1-3-11-6-7-16(12(8-11)9-15)14(17)13-5-4-10(2)18-13/h4-5,11-12H,3,6-9,15H2,1-2H3. The summed E-state index contributed by atoms with van der Waals surface area (Å²) in [7, 11) is 0. The van der Waals surface area contributed by atoms with E-state index in [0.29, 0.717) is 18.2 Å². The Morgan fingerprint density at radius 1 is 1.56 bits per heavy atom. The van der Waals surface area contributed by atoms with E-state index in [0.717, 1.165) is 25.1 Å². The molecule has 2 atom stereocenters. The van der Waals surface area contributed by atoms with Crippen LogP contribution in [0.1, 0.15) is 42.5 Å². The highest BCUT2D eigenvalue weighted by atomic mass is 16.3. The average molecular weight is 250 g/mol. The molecule has 2 unspecified atom stereocenters. The second kappa shape index (κ2) is 5.57. The third kappa shape index (κ3) is 2.58. The number of nitrogens with two attached hydrogens (primary N) is 1. The fourth-order valence-electron chi connectivity index (χ4n) is 2.69. The summed E-state index contributed by atoms with van der Waals surface area (Å²) >= 11 is 0. The number of aryl methyl sites for hydroxylation is 1. The SMILES string of the molecule is CCC1CCN(C(=O)c2ccc(C)o2)C(CN)C1. The highest BCUT2D eigenvalue weighted by molar-refractivity contribution is 5.91. The van der Waals surface area contributed by atoms with Gasteiger partial charge in [-0.25, -0.2) is 0 Å². The van der Waals surface area contributed by atoms with Crippen molar-refractivity contribution in [3.05, 3.63) is 23.7 Å². The summed E-state index contributed by atoms with van der Waals surface area (Å²) in [6.07, 6.45) is 3.25. The Balaban J connectivity index is 2.10. The van der Waals surface area contributed by atoms with Crippen LogP contribution in [0.4, 0.5) is 0 Å². The third-order valence-corrected chi connectivity index (χ3v) is 3.89. The van der Waals surface area contributed by atoms with Gasteiger partial charge in [0.05, 0.1) is 0 Å². The van der Waals surface area contributed by atoms with Gasteiger partial charge in [0.2, 0.25) is 0 Å². The van der Waals surface area contributed by atoms with Crippen molar-refractivity contribution in [3.8, 4) is 0 Å². The number of hydrogen-bond acceptors (Lipinski definition) is 3. The van der Waals surface area contributed by atoms with E-state index in [1.165, 1.54) is 6.42 Å². The van der Waals surface area contributed by atoms with E-state index in [9.17, 15) is 4.79 Å². The van der Waals surface area contributed by atoms with Gasteiger partial charge in [-0.1, -0.05) is 13.3 Å². The van der Waals surface area contributed by atoms with Crippen molar-refractivity contribution < 1.29 is 9.21 Å². The maximum atomic E-state index is 12.4. The summed E-state index contributed by atoms with van der Waals surface area (Å²) < 4.78 is 5.41. The van der Waals surface area contributed by atoms with Crippen LogP contribution in [0, 0.1) is 12.8 Å². The van der Waals surface area contributed by atoms with Crippen molar-refractivity contribution >= 4 is 5.91 Å². The Labute approximate surface area is 108 Å². The van der Waals surface area contributed by atoms with E-state index in [1.807, 2.05) is 17.9 Å². The smallest absolute Gasteiger partial charge is 0.289 e. The van der Waals surface area contributed by atoms with Gasteiger partial charge in [0.15, 0.2) is 5.76 Å². The second-order valence-corrected chi connectivity index (χ2v) is 5.10. The molecule has 4 heteroatoms. The molecule has 1 amide bonds. The molecule has 18 heavy (non-hydrogen) atoms. The van der Waals surface area contributed by atoms with E-state index in [2.05, 4.69) is 6.92 Å². The molecule has 2 heterocycles. The molecule has 1 saturated heterocycles. The van der Waals surface area contributed by atoms with Crippen molar-refractivity contribution in [2.24, 2.45) is 11.7 Å². The van der Waals surface area contributed by atoms with Gasteiger partial charge in [0.1, 0.15) is 5.76 Å². The zero-order chi connectivity index (χ0) is 13.1. The first kappa shape index (κ1) is 13.1. The zero-order valence-electron chi connectivity index (χ0n) is 11.2. The Morgan fingerprint density at radius 3 is 2.89 bits per heavy atom. The molecule has 2 N–H and O–H groups in total. The van der Waals surface area contributed by atoms with Gasteiger partial charge < -0.3 is 15.1 Å². The summed E-state index contributed by atoms with van der Waals surface area (Å²) in [6.45, 7) is 5.37. The van der Waals surface area contributed by atoms with Gasteiger partial charge >= 0.3 is 0 Å². The molecule has 2 rings (SSSR count). The highest BCUT2D eigenvalue weighted by Gasteiger charge is 2.31. The lowest BCUT2D eigenvalue weighted by atomic mass is 9.89. The molecule has 1 aliphatic heterocycles. The van der Waals surface area contributed by atoms with Crippen LogP contribution in [0.2, 0.25) is 0 Å². The Hall–Kier alpha value is -1.29. The van der Waals surface area contributed by atoms with Gasteiger partial charge in [-0.05, 0) is 37.8 Å². The van der Waals surface area contributed by atoms with Crippen molar-refractivity contribution in [3.63, 3.8) is 0 Å². The molecule has 0 aromatic carbocycles. The van der Waals surface area contributed by atoms with Crippen molar-refractivity contribution in [2.45, 2.75) is 39.2 Å². The number of carbonyl (C=O) groups excluding carboxylic acids is 1. The first-order valence-electron chi connectivity index (χ1n) is 6.73. The van der Waals surface area contributed by atoms with Crippen molar-refractivity contribution in [1.82, 2.24) is 4.90 Å². The van der Waals surface area contributed by atoms with E-state index in [-0.39, 0.29) is 11.9 Å². The lowest BCUT2D eigenvalue weighted by Crippen LogP contribution is -2.49. The van der Waals surface area contributed by atoms with Gasteiger partial charge in [-0.3, -0.25) is 4.79 Å². The number of amides is 1. The molecule has 0 saturated carbocycles. The quantitative estimate of drug-likeness (QED) is 0.894. The van der Waals surface area contributed by atoms with Crippen molar-refractivity contribution in [1.29, 1.82) is 0 Å². The first-order valence-corrected chi connectivity index (χ1v) is 6.73. The van der Waals surface area contributed by atoms with Crippen LogP contribution >= 0.6 is 0 Å². The molecule has 0 radical (unpaired) electrons. The monoisotopic (exact) mass is 250 g/mol. The zero-order valence-corrected chi connectivity index (χ0v) is 11.2. The largest absolute Gasteiger partial charge is 0.456 e. The number of nitrogens with zero attached hydrogens (tertiary/aromatic N) is 1. The van der Waals surface area contributed by atoms with E-state index >= 15 is 0 Å². The molecule has 4 nitrogen and oxygen atoms in total. The molecule has 100 valence electrons. The van der Waals surface area contributed by atoms with Gasteiger partial charge in [-0.2, -0.15) is 0 Å². The lowest BCUT2D eigenvalue weighted by molar-refractivity contribution is 0.0525. The maximum absolute atomic E-state index is 12.4. The van der Waals surface area contributed by atoms with Crippen LogP contribution in [0.25, 0.3) is 0 Å². The molecule has 0 bridgehead atoms. The number of furan rings is 1. The number of piperidine rings is 1. The second-order valence-electron chi connectivity index (χ2n) is 5.10. The van der Waals surface area contributed by atoms with Gasteiger partial charge in [0, 0.05) is 19.1 Å². The summed E-state index contributed by atoms with van der Waals surface area (Å²) in [6, 6.07) is 3.72. The summed E-state index contributed by atoms with van der Waals surface area (Å²) in [5.74, 6) is 1.88. The molecule has 1 aromatic heterocycles. The molecule has 1 aromatic rings. The minimum Gasteiger partial charge on any atom is -0.456 e. The molecule has 1 fully saturated rings. The predicted molar refractivity (Wildman–Crippen MR) is 70.3 cm³/mol. The van der Waals surface area contributed by atoms with E-state index in [1.54, 1.807) is 6.07 Å². The molecule has 0 spiro atoms. The van der Waals surface area contributed by atoms with Gasteiger partial charge in [-0.15, -0.1) is 0 Å². The third-order valence-electron chi connectivity index (χ3n) is 3.89. The number of likely N-dealkylation sites (tertiary alicyclic amines) is 1. The molecular formula is C14H22N2O2. The van der Waals surface area contributed by atoms with Crippen LogP contribution in [-0.4, -0.2) is 29.9 Å². The summed E-state index contributed by atoms with van der Waals surface area (Å²) in [4.78, 5) is 14.2. The Morgan fingerprint density at radius 2 is 2.33 bits per heavy atom. The van der Waals surface area contributed by atoms with Crippen LogP contribution < -0.4 is 5.73 Å². The first-order chi connectivity index (χ1) is 8.65. The highest BCUT2D eigenvalue weighted by Crippen LogP contribution is 2.26. The molecule has 0 aliphatic carbocycles. The van der Waals surface area contributed by atoms with Gasteiger partial charge in [0.25, 0.3) is 5.91 Å². The summed E-state index contributed by atoms with van der Waals surface area (Å²) in [5, 5.41) is 0. The minimum atomic E-state index is -0.0203. The fourth-order valence-corrected chi connectivity index (χ4v) is 2.69. The average Bonchev–Trinajstić information content (AvgIpc) is 2.83. The maximum Gasteiger partial charge on any atom is 0.289 e. The lowest BCUT2D eigenvalue weighted by Gasteiger charge is -2.38. The van der Waals surface area contributed by atoms with Crippen LogP contribution in [0.3, 0.4) is 0 Å². The Kier molecular flexibility index (Phi) is 4.07. The molecular weight excluding hydrogens is 228 g/mol. The van der Waals surface area contributed by atoms with Crippen LogP contribution in [0.5, 0.6) is 0 Å². The van der Waals surface area contributed by atoms with Crippen molar-refractivity contribution in [2.75, 3.05) is 13.1 Å². The van der Waals surface area contributed by atoms with E-state index in [4.69, 9.17) is 10.2 Å². The summed E-state index contributed by atoms with van der Waals surface area (Å²) in [5.41, 5.74) is 5.81. The van der Waals surface area contributed by atoms with E-state index < -0.39 is 0 Å².